The number of ether oxygens (including phenoxy) is 1. The average Bonchev–Trinajstić information content (AvgIpc) is 2.52. The highest BCUT2D eigenvalue weighted by molar-refractivity contribution is 7.80. The zero-order chi connectivity index (χ0) is 16.5. The third-order valence-electron chi connectivity index (χ3n) is 3.95. The first kappa shape index (κ1) is 21.6. The molecule has 0 heterocycles. The van der Waals surface area contributed by atoms with Crippen LogP contribution in [0.3, 0.4) is 0 Å². The van der Waals surface area contributed by atoms with Gasteiger partial charge in [-0.3, -0.25) is 4.79 Å². The molecule has 0 N–H and O–H groups in total. The highest BCUT2D eigenvalue weighted by Crippen LogP contribution is 2.15. The Labute approximate surface area is 143 Å². The molecule has 0 aliphatic rings. The van der Waals surface area contributed by atoms with Gasteiger partial charge < -0.3 is 4.74 Å². The van der Waals surface area contributed by atoms with E-state index in [1.807, 2.05) is 0 Å². The third kappa shape index (κ3) is 15.9. The summed E-state index contributed by atoms with van der Waals surface area (Å²) in [5.41, 5.74) is 0. The molecule has 0 aromatic carbocycles. The van der Waals surface area contributed by atoms with Gasteiger partial charge in [0.25, 0.3) is 0 Å². The van der Waals surface area contributed by atoms with Crippen LogP contribution in [0.5, 0.6) is 0 Å². The Hall–Kier alpha value is -0.440. The topological polar surface area (TPSA) is 26.3 Å². The molecule has 3 heteroatoms. The van der Waals surface area contributed by atoms with Crippen LogP contribution in [0.1, 0.15) is 90.4 Å². The minimum atomic E-state index is -0.0862. The van der Waals surface area contributed by atoms with Gasteiger partial charge in [-0.15, -0.1) is 0 Å². The Kier molecular flexibility index (Phi) is 16.6. The average molecular weight is 329 g/mol. The maximum absolute atomic E-state index is 10.9. The molecular formula is C19H36O2S. The van der Waals surface area contributed by atoms with Crippen LogP contribution < -0.4 is 0 Å². The number of allylic oxidation sites excluding steroid dienone is 2. The smallest absolute Gasteiger partial charge is 0.305 e. The fraction of sp³-hybridized carbons (Fsp3) is 0.842. The fourth-order valence-corrected chi connectivity index (χ4v) is 2.76. The number of carbonyl (C=O) groups excluding carboxylic acids is 1. The second-order valence-electron chi connectivity index (χ2n) is 6.09. The molecule has 130 valence electrons. The molecule has 2 nitrogen and oxygen atoms in total. The molecule has 1 atom stereocenters. The predicted octanol–water partition coefficient (Wildman–Crippen LogP) is 6.11. The van der Waals surface area contributed by atoms with Gasteiger partial charge in [0.05, 0.1) is 7.11 Å². The van der Waals surface area contributed by atoms with Crippen molar-refractivity contribution in [2.45, 2.75) is 95.6 Å². The number of hydrogen-bond acceptors (Lipinski definition) is 3. The number of hydrogen-bond donors (Lipinski definition) is 1. The van der Waals surface area contributed by atoms with Crippen LogP contribution in [0, 0.1) is 0 Å². The van der Waals surface area contributed by atoms with Crippen molar-refractivity contribution in [2.75, 3.05) is 7.11 Å². The van der Waals surface area contributed by atoms with Gasteiger partial charge in [0.2, 0.25) is 0 Å². The van der Waals surface area contributed by atoms with Crippen LogP contribution in [0.15, 0.2) is 12.2 Å². The highest BCUT2D eigenvalue weighted by atomic mass is 32.1. The first-order valence-corrected chi connectivity index (χ1v) is 9.62. The summed E-state index contributed by atoms with van der Waals surface area (Å²) in [6, 6.07) is 0. The molecule has 0 aromatic rings. The number of thiol groups is 1. The lowest BCUT2D eigenvalue weighted by Crippen LogP contribution is -1.99. The molecule has 0 fully saturated rings. The molecule has 0 spiro atoms. The van der Waals surface area contributed by atoms with Gasteiger partial charge in [-0.1, -0.05) is 64.0 Å². The van der Waals surface area contributed by atoms with E-state index in [4.69, 9.17) is 0 Å². The molecule has 0 saturated heterocycles. The normalized spacial score (nSPS) is 12.7. The van der Waals surface area contributed by atoms with Crippen LogP contribution in [0.2, 0.25) is 0 Å². The van der Waals surface area contributed by atoms with E-state index >= 15 is 0 Å². The van der Waals surface area contributed by atoms with Gasteiger partial charge in [0, 0.05) is 11.7 Å². The van der Waals surface area contributed by atoms with Gasteiger partial charge >= 0.3 is 5.97 Å². The molecule has 0 aliphatic carbocycles. The first-order chi connectivity index (χ1) is 10.7. The van der Waals surface area contributed by atoms with Crippen LogP contribution >= 0.6 is 12.6 Å². The van der Waals surface area contributed by atoms with Crippen molar-refractivity contribution in [1.82, 2.24) is 0 Å². The number of rotatable bonds is 15. The van der Waals surface area contributed by atoms with Crippen molar-refractivity contribution in [3.8, 4) is 0 Å². The lowest BCUT2D eigenvalue weighted by Gasteiger charge is -2.07. The molecule has 0 amide bonds. The quantitative estimate of drug-likeness (QED) is 0.170. The van der Waals surface area contributed by atoms with E-state index in [1.54, 1.807) is 0 Å². The molecule has 0 bridgehead atoms. The summed E-state index contributed by atoms with van der Waals surface area (Å²) in [6.07, 6.45) is 19.9. The Balaban J connectivity index is 3.30. The van der Waals surface area contributed by atoms with Crippen molar-refractivity contribution in [1.29, 1.82) is 0 Å². The molecule has 0 aliphatic heterocycles. The summed E-state index contributed by atoms with van der Waals surface area (Å²) in [6.45, 7) is 2.25. The van der Waals surface area contributed by atoms with Crippen LogP contribution in [-0.4, -0.2) is 18.3 Å². The van der Waals surface area contributed by atoms with Gasteiger partial charge in [-0.2, -0.15) is 12.6 Å². The van der Waals surface area contributed by atoms with Crippen molar-refractivity contribution in [2.24, 2.45) is 0 Å². The summed E-state index contributed by atoms with van der Waals surface area (Å²) in [7, 11) is 1.45. The zero-order valence-electron chi connectivity index (χ0n) is 14.7. The minimum Gasteiger partial charge on any atom is -0.469 e. The molecule has 0 rings (SSSR count). The molecule has 0 aromatic heterocycles. The lowest BCUT2D eigenvalue weighted by atomic mass is 10.1. The Morgan fingerprint density at radius 3 is 2.41 bits per heavy atom. The summed E-state index contributed by atoms with van der Waals surface area (Å²) in [5, 5.41) is 0.502. The maximum Gasteiger partial charge on any atom is 0.305 e. The molecule has 0 saturated carbocycles. The number of unbranched alkanes of at least 4 members (excludes halogenated alkanes) is 8. The molecule has 0 radical (unpaired) electrons. The van der Waals surface area contributed by atoms with Gasteiger partial charge in [-0.05, 0) is 32.1 Å². The number of esters is 1. The summed E-state index contributed by atoms with van der Waals surface area (Å²) in [4.78, 5) is 10.9. The van der Waals surface area contributed by atoms with E-state index in [9.17, 15) is 4.79 Å². The molecule has 22 heavy (non-hydrogen) atoms. The first-order valence-electron chi connectivity index (χ1n) is 9.10. The fourth-order valence-electron chi connectivity index (χ4n) is 2.46. The van der Waals surface area contributed by atoms with Crippen molar-refractivity contribution in [3.05, 3.63) is 12.2 Å². The molecular weight excluding hydrogens is 292 g/mol. The second-order valence-corrected chi connectivity index (χ2v) is 6.82. The van der Waals surface area contributed by atoms with E-state index < -0.39 is 0 Å². The maximum atomic E-state index is 10.9. The van der Waals surface area contributed by atoms with Crippen molar-refractivity contribution >= 4 is 18.6 Å². The zero-order valence-corrected chi connectivity index (χ0v) is 15.6. The van der Waals surface area contributed by atoms with E-state index in [0.29, 0.717) is 11.7 Å². The summed E-state index contributed by atoms with van der Waals surface area (Å²) >= 11 is 4.66. The number of methoxy groups -OCH3 is 1. The predicted molar refractivity (Wildman–Crippen MR) is 99.6 cm³/mol. The van der Waals surface area contributed by atoms with Crippen molar-refractivity contribution < 1.29 is 9.53 Å². The minimum absolute atomic E-state index is 0.0862. The number of carbonyl (C=O) groups is 1. The van der Waals surface area contributed by atoms with E-state index in [2.05, 4.69) is 36.4 Å². The van der Waals surface area contributed by atoms with Crippen molar-refractivity contribution in [3.63, 3.8) is 0 Å². The van der Waals surface area contributed by atoms with E-state index in [1.165, 1.54) is 64.9 Å². The van der Waals surface area contributed by atoms with Crippen LogP contribution in [0.25, 0.3) is 0 Å². The Morgan fingerprint density at radius 2 is 1.68 bits per heavy atom. The van der Waals surface area contributed by atoms with E-state index in [-0.39, 0.29) is 5.97 Å². The Morgan fingerprint density at radius 1 is 1.00 bits per heavy atom. The van der Waals surface area contributed by atoms with Crippen LogP contribution in [-0.2, 0) is 9.53 Å². The van der Waals surface area contributed by atoms with Gasteiger partial charge in [-0.25, -0.2) is 0 Å². The highest BCUT2D eigenvalue weighted by Gasteiger charge is 2.02. The lowest BCUT2D eigenvalue weighted by molar-refractivity contribution is -0.140. The SMILES string of the molecule is CCCCCC/C=C/CC(S)CCCCCCCC(=O)OC. The largest absolute Gasteiger partial charge is 0.469 e. The Bertz CT molecular complexity index is 277. The summed E-state index contributed by atoms with van der Waals surface area (Å²) in [5.74, 6) is -0.0862. The van der Waals surface area contributed by atoms with Gasteiger partial charge in [0.1, 0.15) is 0 Å². The molecule has 1 unspecified atom stereocenters. The standard InChI is InChI=1S/C19H36O2S/c1-3-4-5-6-7-9-12-15-18(22)16-13-10-8-11-14-17-19(20)21-2/h9,12,18,22H,3-8,10-11,13-17H2,1-2H3/b12-9+. The third-order valence-corrected chi connectivity index (χ3v) is 4.41. The van der Waals surface area contributed by atoms with Crippen LogP contribution in [0.4, 0.5) is 0 Å². The van der Waals surface area contributed by atoms with E-state index in [0.717, 1.165) is 19.3 Å². The summed E-state index contributed by atoms with van der Waals surface area (Å²) < 4.78 is 4.63. The second kappa shape index (κ2) is 16.9. The monoisotopic (exact) mass is 328 g/mol. The van der Waals surface area contributed by atoms with Gasteiger partial charge in [0.15, 0.2) is 0 Å².